The van der Waals surface area contributed by atoms with E-state index in [1.807, 2.05) is 24.3 Å². The van der Waals surface area contributed by atoms with Crippen molar-refractivity contribution in [1.29, 1.82) is 0 Å². The molecule has 210 valence electrons. The van der Waals surface area contributed by atoms with Crippen LogP contribution in [-0.4, -0.2) is 86.4 Å². The van der Waals surface area contributed by atoms with Gasteiger partial charge in [-0.05, 0) is 37.3 Å². The van der Waals surface area contributed by atoms with Crippen LogP contribution in [0.5, 0.6) is 0 Å². The van der Waals surface area contributed by atoms with Crippen LogP contribution < -0.4 is 22.1 Å². The van der Waals surface area contributed by atoms with Gasteiger partial charge >= 0.3 is 11.9 Å². The largest absolute Gasteiger partial charge is 0.481 e. The summed E-state index contributed by atoms with van der Waals surface area (Å²) < 4.78 is 0. The van der Waals surface area contributed by atoms with Crippen molar-refractivity contribution in [2.75, 3.05) is 6.54 Å². The molecule has 0 aliphatic carbocycles. The summed E-state index contributed by atoms with van der Waals surface area (Å²) >= 11 is 0. The number of hydrogen-bond acceptors (Lipinski definition) is 7. The molecule has 0 saturated carbocycles. The number of likely N-dealkylation sites (tertiary alicyclic amines) is 1. The SMILES string of the molecule is NC(=O)CC(NC(=O)C(N)Cc1c[nH]c2ccccc12)C(=O)NC(CCC(=O)O)C(=O)N1CCCC1C(=O)O. The first-order chi connectivity index (χ1) is 18.5. The number of carbonyl (C=O) groups is 6. The average molecular weight is 545 g/mol. The molecule has 0 radical (unpaired) electrons. The number of fused-ring (bicyclic) bond motifs is 1. The number of benzene rings is 1. The molecule has 14 heteroatoms. The highest BCUT2D eigenvalue weighted by atomic mass is 16.4. The van der Waals surface area contributed by atoms with Crippen molar-refractivity contribution in [3.63, 3.8) is 0 Å². The lowest BCUT2D eigenvalue weighted by Crippen LogP contribution is -2.58. The van der Waals surface area contributed by atoms with E-state index in [0.29, 0.717) is 6.42 Å². The number of nitrogens with one attached hydrogen (secondary N) is 3. The number of nitrogens with zero attached hydrogens (tertiary/aromatic N) is 1. The highest BCUT2D eigenvalue weighted by Crippen LogP contribution is 2.20. The first-order valence-corrected chi connectivity index (χ1v) is 12.4. The maximum absolute atomic E-state index is 13.1. The predicted octanol–water partition coefficient (Wildman–Crippen LogP) is -1.18. The molecule has 4 unspecified atom stereocenters. The van der Waals surface area contributed by atoms with Crippen LogP contribution in [0.3, 0.4) is 0 Å². The fraction of sp³-hybridized carbons (Fsp3) is 0.440. The Hall–Kier alpha value is -4.46. The molecule has 39 heavy (non-hydrogen) atoms. The van der Waals surface area contributed by atoms with Gasteiger partial charge < -0.3 is 42.2 Å². The van der Waals surface area contributed by atoms with Gasteiger partial charge in [0, 0.05) is 30.1 Å². The summed E-state index contributed by atoms with van der Waals surface area (Å²) in [6.07, 6.45) is 1.04. The molecule has 0 bridgehead atoms. The Bertz CT molecular complexity index is 1260. The number of aromatic nitrogens is 1. The third kappa shape index (κ3) is 7.54. The van der Waals surface area contributed by atoms with Crippen molar-refractivity contribution in [1.82, 2.24) is 20.5 Å². The maximum Gasteiger partial charge on any atom is 0.326 e. The Labute approximate surface area is 223 Å². The van der Waals surface area contributed by atoms with Gasteiger partial charge in [0.25, 0.3) is 0 Å². The number of hydrogen-bond donors (Lipinski definition) is 7. The van der Waals surface area contributed by atoms with Crippen molar-refractivity contribution in [2.24, 2.45) is 11.5 Å². The third-order valence-electron chi connectivity index (χ3n) is 6.57. The Morgan fingerprint density at radius 1 is 1.05 bits per heavy atom. The molecular formula is C25H32N6O8. The van der Waals surface area contributed by atoms with Gasteiger partial charge in [0.2, 0.25) is 23.6 Å². The standard InChI is InChI=1S/C25H32N6O8/c26-15(10-13-12-28-16-5-2-1-4-14(13)16)22(35)30-18(11-20(27)32)23(36)29-17(7-8-21(33)34)24(37)31-9-3-6-19(31)25(38)39/h1-2,4-5,12,15,17-19,28H,3,6-11,26H2,(H2,27,32)(H,29,36)(H,30,35)(H,33,34)(H,38,39). The van der Waals surface area contributed by atoms with Crippen molar-refractivity contribution >= 4 is 46.5 Å². The zero-order valence-corrected chi connectivity index (χ0v) is 21.1. The van der Waals surface area contributed by atoms with Crippen molar-refractivity contribution < 1.29 is 39.0 Å². The summed E-state index contributed by atoms with van der Waals surface area (Å²) in [5, 5.41) is 24.1. The average Bonchev–Trinajstić information content (AvgIpc) is 3.53. The number of para-hydroxylation sites is 1. The summed E-state index contributed by atoms with van der Waals surface area (Å²) in [7, 11) is 0. The Morgan fingerprint density at radius 3 is 2.41 bits per heavy atom. The van der Waals surface area contributed by atoms with Crippen LogP contribution in [0.2, 0.25) is 0 Å². The minimum atomic E-state index is -1.50. The van der Waals surface area contributed by atoms with E-state index in [-0.39, 0.29) is 25.8 Å². The van der Waals surface area contributed by atoms with E-state index in [1.54, 1.807) is 6.20 Å². The zero-order chi connectivity index (χ0) is 28.7. The van der Waals surface area contributed by atoms with Crippen molar-refractivity contribution in [2.45, 2.75) is 62.7 Å². The van der Waals surface area contributed by atoms with Crippen LogP contribution >= 0.6 is 0 Å². The van der Waals surface area contributed by atoms with Gasteiger partial charge in [0.1, 0.15) is 18.1 Å². The summed E-state index contributed by atoms with van der Waals surface area (Å²) in [5.41, 5.74) is 13.0. The van der Waals surface area contributed by atoms with E-state index in [2.05, 4.69) is 15.6 Å². The molecule has 1 aliphatic rings. The van der Waals surface area contributed by atoms with Gasteiger partial charge in [-0.25, -0.2) is 4.79 Å². The van der Waals surface area contributed by atoms with Crippen molar-refractivity contribution in [3.05, 3.63) is 36.0 Å². The first kappa shape index (κ1) is 29.1. The number of carbonyl (C=O) groups excluding carboxylic acids is 4. The monoisotopic (exact) mass is 544 g/mol. The van der Waals surface area contributed by atoms with Gasteiger partial charge in [-0.2, -0.15) is 0 Å². The molecule has 14 nitrogen and oxygen atoms in total. The summed E-state index contributed by atoms with van der Waals surface area (Å²) in [6, 6.07) is 2.30. The smallest absolute Gasteiger partial charge is 0.326 e. The van der Waals surface area contributed by atoms with Crippen LogP contribution in [0.4, 0.5) is 0 Å². The minimum absolute atomic E-state index is 0.117. The highest BCUT2D eigenvalue weighted by Gasteiger charge is 2.38. The maximum atomic E-state index is 13.1. The van der Waals surface area contributed by atoms with E-state index in [1.165, 1.54) is 0 Å². The molecule has 9 N–H and O–H groups in total. The lowest BCUT2D eigenvalue weighted by molar-refractivity contribution is -0.150. The van der Waals surface area contributed by atoms with E-state index >= 15 is 0 Å². The number of amides is 4. The number of aromatic amines is 1. The lowest BCUT2D eigenvalue weighted by Gasteiger charge is -2.28. The molecule has 1 aliphatic heterocycles. The van der Waals surface area contributed by atoms with Gasteiger partial charge in [0.15, 0.2) is 0 Å². The quantitative estimate of drug-likeness (QED) is 0.160. The molecule has 4 amide bonds. The number of carboxylic acids is 2. The Balaban J connectivity index is 1.72. The number of rotatable bonds is 13. The van der Waals surface area contributed by atoms with E-state index in [9.17, 15) is 33.9 Å². The molecule has 3 rings (SSSR count). The molecule has 1 aromatic carbocycles. The molecule has 1 fully saturated rings. The second-order valence-electron chi connectivity index (χ2n) is 9.42. The van der Waals surface area contributed by atoms with Crippen LogP contribution in [-0.2, 0) is 35.2 Å². The van der Waals surface area contributed by atoms with Gasteiger partial charge in [-0.15, -0.1) is 0 Å². The minimum Gasteiger partial charge on any atom is -0.481 e. The highest BCUT2D eigenvalue weighted by molar-refractivity contribution is 5.96. The molecule has 2 heterocycles. The fourth-order valence-corrected chi connectivity index (χ4v) is 4.60. The summed E-state index contributed by atoms with van der Waals surface area (Å²) in [4.78, 5) is 77.6. The molecule has 0 spiro atoms. The topological polar surface area (TPSA) is 238 Å². The number of nitrogens with two attached hydrogens (primary N) is 2. The Kier molecular flexibility index (Phi) is 9.60. The summed E-state index contributed by atoms with van der Waals surface area (Å²) in [5.74, 6) is -5.85. The lowest BCUT2D eigenvalue weighted by atomic mass is 10.0. The molecule has 1 aromatic heterocycles. The molecule has 1 saturated heterocycles. The van der Waals surface area contributed by atoms with Crippen molar-refractivity contribution in [3.8, 4) is 0 Å². The fourth-order valence-electron chi connectivity index (χ4n) is 4.60. The van der Waals surface area contributed by atoms with Crippen LogP contribution in [0, 0.1) is 0 Å². The van der Waals surface area contributed by atoms with Gasteiger partial charge in [0.05, 0.1) is 12.5 Å². The Morgan fingerprint density at radius 2 is 1.74 bits per heavy atom. The van der Waals surface area contributed by atoms with E-state index in [0.717, 1.165) is 21.4 Å². The van der Waals surface area contributed by atoms with Crippen LogP contribution in [0.15, 0.2) is 30.5 Å². The zero-order valence-electron chi connectivity index (χ0n) is 21.1. The first-order valence-electron chi connectivity index (χ1n) is 12.4. The van der Waals surface area contributed by atoms with Gasteiger partial charge in [-0.3, -0.25) is 24.0 Å². The number of carboxylic acid groups (broad SMARTS) is 2. The second kappa shape index (κ2) is 12.9. The third-order valence-corrected chi connectivity index (χ3v) is 6.57. The predicted molar refractivity (Wildman–Crippen MR) is 137 cm³/mol. The van der Waals surface area contributed by atoms with E-state index in [4.69, 9.17) is 16.6 Å². The van der Waals surface area contributed by atoms with Crippen LogP contribution in [0.1, 0.15) is 37.7 Å². The van der Waals surface area contributed by atoms with E-state index < -0.39 is 72.6 Å². The number of primary amides is 1. The van der Waals surface area contributed by atoms with Gasteiger partial charge in [-0.1, -0.05) is 18.2 Å². The molecule has 4 atom stereocenters. The number of aliphatic carboxylic acids is 2. The molecular weight excluding hydrogens is 512 g/mol. The second-order valence-corrected chi connectivity index (χ2v) is 9.42. The van der Waals surface area contributed by atoms with Crippen LogP contribution in [0.25, 0.3) is 10.9 Å². The summed E-state index contributed by atoms with van der Waals surface area (Å²) in [6.45, 7) is 0.124. The normalized spacial score (nSPS) is 17.3. The number of H-pyrrole nitrogens is 1. The molecule has 2 aromatic rings.